The number of carbonyl (C=O) groups excluding carboxylic acids is 1. The standard InChI is InChI=1S/C14H18N2O7/c1-7(17)20-6-8-10-11(23-14(2,3)22-10)12(21-8)16-5-4-9(18)15-13(16)19/h4-5,8,10-12H,6H2,1-3H3,(H,15,18,19)/t8-,10+,11+,12-/m1/s1. The summed E-state index contributed by atoms with van der Waals surface area (Å²) in [6, 6.07) is 1.22. The number of ether oxygens (including phenoxy) is 4. The lowest BCUT2D eigenvalue weighted by Gasteiger charge is -2.24. The molecule has 9 nitrogen and oxygen atoms in total. The van der Waals surface area contributed by atoms with Crippen molar-refractivity contribution in [2.24, 2.45) is 0 Å². The molecule has 1 N–H and O–H groups in total. The number of H-pyrrole nitrogens is 1. The van der Waals surface area contributed by atoms with E-state index in [1.807, 2.05) is 0 Å². The van der Waals surface area contributed by atoms with Crippen molar-refractivity contribution >= 4 is 5.97 Å². The van der Waals surface area contributed by atoms with Gasteiger partial charge in [-0.1, -0.05) is 0 Å². The first-order chi connectivity index (χ1) is 10.8. The molecule has 2 aliphatic rings. The van der Waals surface area contributed by atoms with E-state index in [9.17, 15) is 14.4 Å². The highest BCUT2D eigenvalue weighted by molar-refractivity contribution is 5.65. The third-order valence-electron chi connectivity index (χ3n) is 3.70. The fourth-order valence-electron chi connectivity index (χ4n) is 2.84. The maximum Gasteiger partial charge on any atom is 0.330 e. The summed E-state index contributed by atoms with van der Waals surface area (Å²) in [6.45, 7) is 4.79. The third-order valence-corrected chi connectivity index (χ3v) is 3.70. The first-order valence-electron chi connectivity index (χ1n) is 7.23. The van der Waals surface area contributed by atoms with Gasteiger partial charge in [0.05, 0.1) is 0 Å². The lowest BCUT2D eigenvalue weighted by Crippen LogP contribution is -2.37. The van der Waals surface area contributed by atoms with Crippen molar-refractivity contribution < 1.29 is 23.7 Å². The molecule has 9 heteroatoms. The van der Waals surface area contributed by atoms with Gasteiger partial charge in [0, 0.05) is 19.2 Å². The highest BCUT2D eigenvalue weighted by Gasteiger charge is 2.56. The molecule has 2 aliphatic heterocycles. The van der Waals surface area contributed by atoms with Gasteiger partial charge in [0.2, 0.25) is 0 Å². The SMILES string of the molecule is CC(=O)OC[C@H]1O[C@@H](n2ccc(=O)[nH]c2=O)[C@H]2OC(C)(C)O[C@H]21. The number of fused-ring (bicyclic) bond motifs is 1. The Balaban J connectivity index is 1.90. The summed E-state index contributed by atoms with van der Waals surface area (Å²) in [5.41, 5.74) is -1.11. The Morgan fingerprint density at radius 1 is 1.35 bits per heavy atom. The highest BCUT2D eigenvalue weighted by Crippen LogP contribution is 2.42. The van der Waals surface area contributed by atoms with Crippen LogP contribution in [0.15, 0.2) is 21.9 Å². The zero-order chi connectivity index (χ0) is 16.8. The highest BCUT2D eigenvalue weighted by atomic mass is 16.8. The van der Waals surface area contributed by atoms with E-state index >= 15 is 0 Å². The van der Waals surface area contributed by atoms with E-state index in [-0.39, 0.29) is 6.61 Å². The molecule has 2 fully saturated rings. The summed E-state index contributed by atoms with van der Waals surface area (Å²) >= 11 is 0. The van der Waals surface area contributed by atoms with E-state index < -0.39 is 47.5 Å². The van der Waals surface area contributed by atoms with Gasteiger partial charge in [-0.3, -0.25) is 19.1 Å². The summed E-state index contributed by atoms with van der Waals surface area (Å²) in [7, 11) is 0. The van der Waals surface area contributed by atoms with Crippen molar-refractivity contribution in [2.75, 3.05) is 6.61 Å². The molecule has 4 atom stereocenters. The molecule has 1 aromatic rings. The second-order valence-corrected chi connectivity index (χ2v) is 5.95. The molecule has 0 radical (unpaired) electrons. The average Bonchev–Trinajstić information content (AvgIpc) is 2.90. The van der Waals surface area contributed by atoms with Gasteiger partial charge in [0.25, 0.3) is 5.56 Å². The predicted molar refractivity (Wildman–Crippen MR) is 75.7 cm³/mol. The fraction of sp³-hybridized carbons (Fsp3) is 0.643. The number of carbonyl (C=O) groups is 1. The minimum Gasteiger partial charge on any atom is -0.463 e. The summed E-state index contributed by atoms with van der Waals surface area (Å²) in [5.74, 6) is -1.29. The number of rotatable bonds is 3. The van der Waals surface area contributed by atoms with Crippen LogP contribution in [-0.2, 0) is 23.7 Å². The van der Waals surface area contributed by atoms with E-state index in [4.69, 9.17) is 18.9 Å². The van der Waals surface area contributed by atoms with Gasteiger partial charge in [0.15, 0.2) is 12.0 Å². The van der Waals surface area contributed by atoms with Gasteiger partial charge in [0.1, 0.15) is 24.9 Å². The molecule has 1 aromatic heterocycles. The molecular formula is C14H18N2O7. The molecule has 126 valence electrons. The van der Waals surface area contributed by atoms with Crippen LogP contribution in [-0.4, -0.2) is 46.2 Å². The largest absolute Gasteiger partial charge is 0.463 e. The van der Waals surface area contributed by atoms with Crippen molar-refractivity contribution in [3.8, 4) is 0 Å². The monoisotopic (exact) mass is 326 g/mol. The maximum absolute atomic E-state index is 12.0. The number of esters is 1. The quantitative estimate of drug-likeness (QED) is 0.747. The van der Waals surface area contributed by atoms with Gasteiger partial charge < -0.3 is 18.9 Å². The van der Waals surface area contributed by atoms with Crippen molar-refractivity contribution in [3.63, 3.8) is 0 Å². The molecule has 0 aliphatic carbocycles. The second kappa shape index (κ2) is 5.59. The van der Waals surface area contributed by atoms with Crippen molar-refractivity contribution in [1.29, 1.82) is 0 Å². The summed E-state index contributed by atoms with van der Waals surface area (Å²) in [4.78, 5) is 36.4. The van der Waals surface area contributed by atoms with Gasteiger partial charge in [-0.05, 0) is 13.8 Å². The van der Waals surface area contributed by atoms with E-state index in [0.717, 1.165) is 0 Å². The van der Waals surface area contributed by atoms with Crippen LogP contribution in [0.2, 0.25) is 0 Å². The smallest absolute Gasteiger partial charge is 0.330 e. The fourth-order valence-corrected chi connectivity index (χ4v) is 2.84. The number of hydrogen-bond donors (Lipinski definition) is 1. The van der Waals surface area contributed by atoms with Crippen molar-refractivity contribution in [3.05, 3.63) is 33.1 Å². The first kappa shape index (κ1) is 15.9. The Kier molecular flexibility index (Phi) is 3.86. The van der Waals surface area contributed by atoms with Crippen LogP contribution in [0.4, 0.5) is 0 Å². The van der Waals surface area contributed by atoms with E-state index in [1.165, 1.54) is 23.8 Å². The number of aromatic amines is 1. The van der Waals surface area contributed by atoms with Crippen LogP contribution in [0.3, 0.4) is 0 Å². The molecule has 3 rings (SSSR count). The molecule has 0 bridgehead atoms. The van der Waals surface area contributed by atoms with Gasteiger partial charge in [-0.15, -0.1) is 0 Å². The maximum atomic E-state index is 12.0. The van der Waals surface area contributed by atoms with E-state index in [1.54, 1.807) is 13.8 Å². The minimum atomic E-state index is -0.850. The van der Waals surface area contributed by atoms with E-state index in [0.29, 0.717) is 0 Å². The third kappa shape index (κ3) is 3.07. The molecular weight excluding hydrogens is 308 g/mol. The average molecular weight is 326 g/mol. The van der Waals surface area contributed by atoms with Crippen LogP contribution >= 0.6 is 0 Å². The zero-order valence-electron chi connectivity index (χ0n) is 13.0. The number of nitrogens with one attached hydrogen (secondary N) is 1. The topological polar surface area (TPSA) is 109 Å². The lowest BCUT2D eigenvalue weighted by molar-refractivity contribution is -0.202. The molecule has 0 spiro atoms. The number of nitrogens with zero attached hydrogens (tertiary/aromatic N) is 1. The number of hydrogen-bond acceptors (Lipinski definition) is 7. The Morgan fingerprint density at radius 3 is 2.70 bits per heavy atom. The molecule has 0 unspecified atom stereocenters. The minimum absolute atomic E-state index is 0.00938. The Hall–Kier alpha value is -1.97. The molecule has 0 saturated carbocycles. The summed E-state index contributed by atoms with van der Waals surface area (Å²) in [6.07, 6.45) is -1.07. The lowest BCUT2D eigenvalue weighted by atomic mass is 10.1. The number of aromatic nitrogens is 2. The van der Waals surface area contributed by atoms with Gasteiger partial charge in [-0.2, -0.15) is 0 Å². The predicted octanol–water partition coefficient (Wildman–Crippen LogP) is -0.483. The summed E-state index contributed by atoms with van der Waals surface area (Å²) in [5, 5.41) is 0. The van der Waals surface area contributed by atoms with Crippen LogP contribution in [0.1, 0.15) is 27.0 Å². The van der Waals surface area contributed by atoms with Crippen LogP contribution in [0, 0.1) is 0 Å². The van der Waals surface area contributed by atoms with Gasteiger partial charge in [-0.25, -0.2) is 4.79 Å². The molecule has 0 aromatic carbocycles. The zero-order valence-corrected chi connectivity index (χ0v) is 13.0. The van der Waals surface area contributed by atoms with Crippen LogP contribution in [0.25, 0.3) is 0 Å². The van der Waals surface area contributed by atoms with Crippen LogP contribution < -0.4 is 11.2 Å². The van der Waals surface area contributed by atoms with E-state index in [2.05, 4.69) is 4.98 Å². The van der Waals surface area contributed by atoms with Crippen LogP contribution in [0.5, 0.6) is 0 Å². The summed E-state index contributed by atoms with van der Waals surface area (Å²) < 4.78 is 23.6. The van der Waals surface area contributed by atoms with Gasteiger partial charge >= 0.3 is 11.7 Å². The Morgan fingerprint density at radius 2 is 2.04 bits per heavy atom. The molecule has 0 amide bonds. The normalized spacial score (nSPS) is 31.8. The molecule has 3 heterocycles. The second-order valence-electron chi connectivity index (χ2n) is 5.95. The van der Waals surface area contributed by atoms with Crippen molar-refractivity contribution in [2.45, 2.75) is 51.1 Å². The molecule has 2 saturated heterocycles. The Labute approximate surface area is 131 Å². The molecule has 23 heavy (non-hydrogen) atoms. The first-order valence-corrected chi connectivity index (χ1v) is 7.23. The Bertz CT molecular complexity index is 722. The van der Waals surface area contributed by atoms with Crippen molar-refractivity contribution in [1.82, 2.24) is 9.55 Å².